The van der Waals surface area contributed by atoms with E-state index in [0.29, 0.717) is 10.2 Å². The highest BCUT2D eigenvalue weighted by Gasteiger charge is 2.06. The molecule has 38 heavy (non-hydrogen) atoms. The van der Waals surface area contributed by atoms with Crippen molar-refractivity contribution < 1.29 is 0 Å². The second kappa shape index (κ2) is 14.9. The van der Waals surface area contributed by atoms with Crippen molar-refractivity contribution in [1.29, 1.82) is 0 Å². The Balaban J connectivity index is 1.32. The first-order valence-corrected chi connectivity index (χ1v) is 14.5. The van der Waals surface area contributed by atoms with Crippen molar-refractivity contribution in [2.24, 2.45) is 10.2 Å². The Morgan fingerprint density at radius 2 is 0.895 bits per heavy atom. The maximum atomic E-state index is 5.32. The SMILES string of the molecule is S=C(N/N=C/c1ccccc1SSc1ccccc1/C=N/NC(=S)Nc1ccccc1)Nc1ccccc1. The average molecular weight is 573 g/mol. The van der Waals surface area contributed by atoms with E-state index in [1.54, 1.807) is 34.0 Å². The van der Waals surface area contributed by atoms with Crippen LogP contribution in [0.15, 0.2) is 129 Å². The molecule has 190 valence electrons. The second-order valence-corrected chi connectivity index (χ2v) is 10.7. The third-order valence-corrected chi connectivity index (χ3v) is 7.76. The lowest BCUT2D eigenvalue weighted by Crippen LogP contribution is -2.23. The lowest BCUT2D eigenvalue weighted by molar-refractivity contribution is 1.05. The monoisotopic (exact) mass is 572 g/mol. The second-order valence-electron chi connectivity index (χ2n) is 7.62. The molecular formula is C28H24N6S4. The van der Waals surface area contributed by atoms with Crippen molar-refractivity contribution in [2.45, 2.75) is 9.79 Å². The molecule has 0 saturated heterocycles. The summed E-state index contributed by atoms with van der Waals surface area (Å²) in [5, 5.41) is 15.7. The summed E-state index contributed by atoms with van der Waals surface area (Å²) in [5.74, 6) is 0. The third-order valence-electron chi connectivity index (χ3n) is 4.86. The van der Waals surface area contributed by atoms with Crippen molar-refractivity contribution >= 4 is 80.1 Å². The lowest BCUT2D eigenvalue weighted by Gasteiger charge is -2.09. The summed E-state index contributed by atoms with van der Waals surface area (Å²) in [5.41, 5.74) is 9.50. The standard InChI is InChI=1S/C28H24N6S4/c35-27(31-23-13-3-1-4-14-23)33-29-19-21-11-7-9-17-25(21)37-38-26-18-10-8-12-22(26)20-30-34-28(36)32-24-15-5-2-6-16-24/h1-20H,(H2,31,33,35)(H2,32,34,36)/b29-19+,30-20+. The molecule has 0 spiro atoms. The molecule has 10 heteroatoms. The Bertz CT molecular complexity index is 1300. The fourth-order valence-electron chi connectivity index (χ4n) is 3.10. The van der Waals surface area contributed by atoms with Crippen LogP contribution >= 0.6 is 46.0 Å². The smallest absolute Gasteiger partial charge is 0.191 e. The molecule has 4 N–H and O–H groups in total. The van der Waals surface area contributed by atoms with Crippen LogP contribution in [0.4, 0.5) is 11.4 Å². The van der Waals surface area contributed by atoms with Gasteiger partial charge in [-0.3, -0.25) is 10.9 Å². The molecule has 0 saturated carbocycles. The normalized spacial score (nSPS) is 10.8. The molecule has 0 aliphatic rings. The predicted molar refractivity (Wildman–Crippen MR) is 171 cm³/mol. The van der Waals surface area contributed by atoms with E-state index in [9.17, 15) is 0 Å². The summed E-state index contributed by atoms with van der Waals surface area (Å²) < 4.78 is 0. The van der Waals surface area contributed by atoms with Gasteiger partial charge in [0.1, 0.15) is 0 Å². The minimum absolute atomic E-state index is 0.423. The summed E-state index contributed by atoms with van der Waals surface area (Å²) in [4.78, 5) is 2.14. The molecular weight excluding hydrogens is 549 g/mol. The van der Waals surface area contributed by atoms with Gasteiger partial charge in [-0.1, -0.05) is 94.4 Å². The minimum Gasteiger partial charge on any atom is -0.331 e. The molecule has 0 amide bonds. The molecule has 0 bridgehead atoms. The number of anilines is 2. The van der Waals surface area contributed by atoms with Crippen LogP contribution < -0.4 is 21.5 Å². The highest BCUT2D eigenvalue weighted by atomic mass is 33.1. The van der Waals surface area contributed by atoms with Gasteiger partial charge in [0.05, 0.1) is 12.4 Å². The van der Waals surface area contributed by atoms with Gasteiger partial charge in [-0.25, -0.2) is 0 Å². The van der Waals surface area contributed by atoms with E-state index in [0.717, 1.165) is 32.3 Å². The first-order valence-electron chi connectivity index (χ1n) is 11.5. The Kier molecular flexibility index (Phi) is 10.7. The highest BCUT2D eigenvalue weighted by Crippen LogP contribution is 2.39. The van der Waals surface area contributed by atoms with E-state index in [2.05, 4.69) is 43.8 Å². The van der Waals surface area contributed by atoms with Crippen molar-refractivity contribution in [1.82, 2.24) is 10.9 Å². The van der Waals surface area contributed by atoms with E-state index >= 15 is 0 Å². The summed E-state index contributed by atoms with van der Waals surface area (Å²) in [6.07, 6.45) is 3.53. The first-order chi connectivity index (χ1) is 18.7. The van der Waals surface area contributed by atoms with Gasteiger partial charge in [0.2, 0.25) is 0 Å². The number of nitrogens with one attached hydrogen (secondary N) is 4. The fourth-order valence-corrected chi connectivity index (χ4v) is 5.77. The first kappa shape index (κ1) is 27.3. The molecule has 0 aliphatic carbocycles. The van der Waals surface area contributed by atoms with Crippen LogP contribution in [0.3, 0.4) is 0 Å². The number of hydrogen-bond acceptors (Lipinski definition) is 6. The van der Waals surface area contributed by atoms with Crippen LogP contribution in [-0.4, -0.2) is 22.7 Å². The maximum Gasteiger partial charge on any atom is 0.191 e. The zero-order valence-corrected chi connectivity index (χ0v) is 23.3. The number of nitrogens with zero attached hydrogens (tertiary/aromatic N) is 2. The molecule has 0 heterocycles. The molecule has 0 aromatic heterocycles. The number of rotatable bonds is 9. The van der Waals surface area contributed by atoms with Gasteiger partial charge in [-0.2, -0.15) is 10.2 Å². The maximum absolute atomic E-state index is 5.32. The van der Waals surface area contributed by atoms with Gasteiger partial charge in [0.15, 0.2) is 10.2 Å². The van der Waals surface area contributed by atoms with E-state index < -0.39 is 0 Å². The van der Waals surface area contributed by atoms with E-state index in [1.165, 1.54) is 0 Å². The Morgan fingerprint density at radius 3 is 1.32 bits per heavy atom. The van der Waals surface area contributed by atoms with Crippen molar-refractivity contribution in [3.05, 3.63) is 120 Å². The quantitative estimate of drug-likeness (QED) is 0.0731. The number of benzene rings is 4. The Labute approximate surface area is 240 Å². The highest BCUT2D eigenvalue weighted by molar-refractivity contribution is 8.76. The third kappa shape index (κ3) is 9.00. The average Bonchev–Trinajstić information content (AvgIpc) is 2.94. The molecule has 0 radical (unpaired) electrons. The number of thiocarbonyl (C=S) groups is 2. The Hall–Kier alpha value is -3.70. The number of para-hydroxylation sites is 2. The molecule has 6 nitrogen and oxygen atoms in total. The topological polar surface area (TPSA) is 72.8 Å². The van der Waals surface area contributed by atoms with Crippen LogP contribution in [0.25, 0.3) is 0 Å². The van der Waals surface area contributed by atoms with Gasteiger partial charge in [-0.15, -0.1) is 0 Å². The predicted octanol–water partition coefficient (Wildman–Crippen LogP) is 7.13. The van der Waals surface area contributed by atoms with Crippen LogP contribution in [-0.2, 0) is 0 Å². The molecule has 0 aliphatic heterocycles. The van der Waals surface area contributed by atoms with Gasteiger partial charge in [-0.05, 0) is 60.8 Å². The molecule has 0 unspecified atom stereocenters. The number of hydrogen-bond donors (Lipinski definition) is 4. The van der Waals surface area contributed by atoms with E-state index in [1.807, 2.05) is 97.1 Å². The van der Waals surface area contributed by atoms with E-state index in [-0.39, 0.29) is 0 Å². The minimum atomic E-state index is 0.423. The summed E-state index contributed by atoms with van der Waals surface area (Å²) >= 11 is 10.6. The Morgan fingerprint density at radius 1 is 0.526 bits per heavy atom. The van der Waals surface area contributed by atoms with Crippen LogP contribution in [0, 0.1) is 0 Å². The summed E-state index contributed by atoms with van der Waals surface area (Å²) in [6, 6.07) is 35.6. The molecule has 4 rings (SSSR count). The summed E-state index contributed by atoms with van der Waals surface area (Å²) in [7, 11) is 3.29. The molecule has 0 atom stereocenters. The largest absolute Gasteiger partial charge is 0.331 e. The zero-order chi connectivity index (χ0) is 26.4. The fraction of sp³-hybridized carbons (Fsp3) is 0. The van der Waals surface area contributed by atoms with Crippen molar-refractivity contribution in [2.75, 3.05) is 10.6 Å². The van der Waals surface area contributed by atoms with Gasteiger partial charge >= 0.3 is 0 Å². The van der Waals surface area contributed by atoms with Gasteiger partial charge in [0.25, 0.3) is 0 Å². The van der Waals surface area contributed by atoms with Crippen LogP contribution in [0.2, 0.25) is 0 Å². The van der Waals surface area contributed by atoms with Crippen LogP contribution in [0.5, 0.6) is 0 Å². The summed E-state index contributed by atoms with van der Waals surface area (Å²) in [6.45, 7) is 0. The lowest BCUT2D eigenvalue weighted by atomic mass is 10.2. The zero-order valence-electron chi connectivity index (χ0n) is 20.1. The van der Waals surface area contributed by atoms with Crippen molar-refractivity contribution in [3.8, 4) is 0 Å². The number of hydrazone groups is 2. The van der Waals surface area contributed by atoms with Crippen LogP contribution in [0.1, 0.15) is 11.1 Å². The van der Waals surface area contributed by atoms with E-state index in [4.69, 9.17) is 24.4 Å². The molecule has 4 aromatic rings. The molecule has 0 fully saturated rings. The van der Waals surface area contributed by atoms with Gasteiger partial charge in [0, 0.05) is 32.3 Å². The van der Waals surface area contributed by atoms with Crippen molar-refractivity contribution in [3.63, 3.8) is 0 Å². The van der Waals surface area contributed by atoms with Gasteiger partial charge < -0.3 is 10.6 Å². The molecule has 4 aromatic carbocycles.